The molecule has 0 saturated carbocycles. The summed E-state index contributed by atoms with van der Waals surface area (Å²) in [5, 5.41) is 1.14. The zero-order chi connectivity index (χ0) is 19.7. The van der Waals surface area contributed by atoms with E-state index in [1.54, 1.807) is 10.6 Å². The highest BCUT2D eigenvalue weighted by atomic mass is 32.2. The van der Waals surface area contributed by atoms with Crippen LogP contribution in [0.4, 0.5) is 0 Å². The minimum Gasteiger partial charge on any atom is -0.342 e. The number of thioether (sulfide) groups is 1. The van der Waals surface area contributed by atoms with Crippen LogP contribution in [0.1, 0.15) is 31.7 Å². The van der Waals surface area contributed by atoms with E-state index in [1.165, 1.54) is 11.8 Å². The van der Waals surface area contributed by atoms with Gasteiger partial charge in [-0.3, -0.25) is 14.2 Å². The Morgan fingerprint density at radius 1 is 1.11 bits per heavy atom. The van der Waals surface area contributed by atoms with E-state index in [9.17, 15) is 9.59 Å². The van der Waals surface area contributed by atoms with Crippen molar-refractivity contribution >= 4 is 28.6 Å². The third-order valence-corrected chi connectivity index (χ3v) is 6.00. The molecule has 0 spiro atoms. The van der Waals surface area contributed by atoms with Gasteiger partial charge in [0.2, 0.25) is 5.91 Å². The molecule has 3 aromatic rings. The summed E-state index contributed by atoms with van der Waals surface area (Å²) in [7, 11) is 0. The van der Waals surface area contributed by atoms with Crippen molar-refractivity contribution in [1.82, 2.24) is 14.5 Å². The minimum atomic E-state index is -0.0994. The lowest BCUT2D eigenvalue weighted by Crippen LogP contribution is -2.43. The van der Waals surface area contributed by atoms with Gasteiger partial charge in [0.05, 0.1) is 22.3 Å². The summed E-state index contributed by atoms with van der Waals surface area (Å²) in [4.78, 5) is 32.3. The molecule has 4 rings (SSSR count). The fraction of sp³-hybridized carbons (Fsp3) is 0.318. The SMILES string of the molecule is CC(C)c1ccccc1-n1c(SCC(=O)N2CCC2)nc2ccccc2c1=O. The van der Waals surface area contributed by atoms with E-state index < -0.39 is 0 Å². The van der Waals surface area contributed by atoms with Gasteiger partial charge >= 0.3 is 0 Å². The first-order valence-electron chi connectivity index (χ1n) is 9.58. The summed E-state index contributed by atoms with van der Waals surface area (Å²) in [5.41, 5.74) is 2.47. The Kier molecular flexibility index (Phi) is 5.22. The zero-order valence-electron chi connectivity index (χ0n) is 16.1. The van der Waals surface area contributed by atoms with Crippen molar-refractivity contribution in [3.8, 4) is 5.69 Å². The Bertz CT molecular complexity index is 1090. The summed E-state index contributed by atoms with van der Waals surface area (Å²) in [6, 6.07) is 15.3. The Morgan fingerprint density at radius 2 is 1.82 bits per heavy atom. The molecule has 1 aromatic heterocycles. The maximum absolute atomic E-state index is 13.4. The van der Waals surface area contributed by atoms with Crippen LogP contribution >= 0.6 is 11.8 Å². The number of carbonyl (C=O) groups is 1. The van der Waals surface area contributed by atoms with Crippen LogP contribution in [0.3, 0.4) is 0 Å². The molecule has 144 valence electrons. The van der Waals surface area contributed by atoms with Gasteiger partial charge in [0.15, 0.2) is 5.16 Å². The van der Waals surface area contributed by atoms with Gasteiger partial charge in [0, 0.05) is 13.1 Å². The van der Waals surface area contributed by atoms with E-state index in [4.69, 9.17) is 4.98 Å². The molecule has 1 saturated heterocycles. The van der Waals surface area contributed by atoms with Crippen LogP contribution in [-0.2, 0) is 4.79 Å². The molecular formula is C22H23N3O2S. The number of hydrogen-bond donors (Lipinski definition) is 0. The number of hydrogen-bond acceptors (Lipinski definition) is 4. The number of fused-ring (bicyclic) bond motifs is 1. The second-order valence-electron chi connectivity index (χ2n) is 7.29. The summed E-state index contributed by atoms with van der Waals surface area (Å²) in [5.74, 6) is 0.645. The van der Waals surface area contributed by atoms with Gasteiger partial charge in [-0.2, -0.15) is 0 Å². The Balaban J connectivity index is 1.84. The van der Waals surface area contributed by atoms with E-state index >= 15 is 0 Å². The lowest BCUT2D eigenvalue weighted by Gasteiger charge is -2.30. The van der Waals surface area contributed by atoms with E-state index in [2.05, 4.69) is 13.8 Å². The van der Waals surface area contributed by atoms with Gasteiger partial charge in [-0.05, 0) is 36.1 Å². The van der Waals surface area contributed by atoms with Gasteiger partial charge in [-0.25, -0.2) is 4.98 Å². The van der Waals surface area contributed by atoms with Crippen molar-refractivity contribution in [1.29, 1.82) is 0 Å². The zero-order valence-corrected chi connectivity index (χ0v) is 16.9. The molecule has 1 amide bonds. The highest BCUT2D eigenvalue weighted by Gasteiger charge is 2.22. The van der Waals surface area contributed by atoms with Crippen molar-refractivity contribution in [2.45, 2.75) is 31.3 Å². The molecule has 2 heterocycles. The normalized spacial score (nSPS) is 13.8. The molecule has 2 aromatic carbocycles. The van der Waals surface area contributed by atoms with Crippen LogP contribution in [0.25, 0.3) is 16.6 Å². The van der Waals surface area contributed by atoms with Crippen LogP contribution in [-0.4, -0.2) is 39.2 Å². The Morgan fingerprint density at radius 3 is 2.54 bits per heavy atom. The number of aromatic nitrogens is 2. The first-order chi connectivity index (χ1) is 13.6. The Hall–Kier alpha value is -2.60. The van der Waals surface area contributed by atoms with Crippen molar-refractivity contribution in [3.05, 3.63) is 64.4 Å². The second-order valence-corrected chi connectivity index (χ2v) is 8.23. The number of para-hydroxylation sites is 2. The molecule has 5 nitrogen and oxygen atoms in total. The molecule has 0 aliphatic carbocycles. The topological polar surface area (TPSA) is 55.2 Å². The number of rotatable bonds is 5. The molecule has 0 atom stereocenters. The first kappa shape index (κ1) is 18.7. The second kappa shape index (κ2) is 7.80. The Labute approximate surface area is 168 Å². The summed E-state index contributed by atoms with van der Waals surface area (Å²) in [6.45, 7) is 5.87. The fourth-order valence-corrected chi connectivity index (χ4v) is 4.29. The molecule has 0 bridgehead atoms. The van der Waals surface area contributed by atoms with Crippen LogP contribution < -0.4 is 5.56 Å². The smallest absolute Gasteiger partial charge is 0.266 e. The minimum absolute atomic E-state index is 0.0994. The highest BCUT2D eigenvalue weighted by Crippen LogP contribution is 2.27. The number of nitrogens with zero attached hydrogens (tertiary/aromatic N) is 3. The van der Waals surface area contributed by atoms with Gasteiger partial charge < -0.3 is 4.90 Å². The van der Waals surface area contributed by atoms with Crippen LogP contribution in [0.5, 0.6) is 0 Å². The summed E-state index contributed by atoms with van der Waals surface area (Å²) >= 11 is 1.34. The maximum Gasteiger partial charge on any atom is 0.266 e. The maximum atomic E-state index is 13.4. The van der Waals surface area contributed by atoms with E-state index in [-0.39, 0.29) is 23.1 Å². The number of carbonyl (C=O) groups excluding carboxylic acids is 1. The summed E-state index contributed by atoms with van der Waals surface area (Å²) in [6.07, 6.45) is 1.07. The van der Waals surface area contributed by atoms with Crippen molar-refractivity contribution in [3.63, 3.8) is 0 Å². The number of amides is 1. The largest absolute Gasteiger partial charge is 0.342 e. The summed E-state index contributed by atoms with van der Waals surface area (Å²) < 4.78 is 1.67. The van der Waals surface area contributed by atoms with Crippen molar-refractivity contribution in [2.24, 2.45) is 0 Å². The number of benzene rings is 2. The van der Waals surface area contributed by atoms with Crippen LogP contribution in [0.2, 0.25) is 0 Å². The molecule has 0 N–H and O–H groups in total. The quantitative estimate of drug-likeness (QED) is 0.488. The lowest BCUT2D eigenvalue weighted by molar-refractivity contribution is -0.131. The molecule has 28 heavy (non-hydrogen) atoms. The third kappa shape index (κ3) is 3.44. The average molecular weight is 394 g/mol. The first-order valence-corrected chi connectivity index (χ1v) is 10.6. The average Bonchev–Trinajstić information content (AvgIpc) is 2.65. The van der Waals surface area contributed by atoms with Gasteiger partial charge in [-0.1, -0.05) is 55.9 Å². The predicted octanol–water partition coefficient (Wildman–Crippen LogP) is 3.83. The third-order valence-electron chi connectivity index (χ3n) is 5.08. The van der Waals surface area contributed by atoms with Gasteiger partial charge in [-0.15, -0.1) is 0 Å². The number of likely N-dealkylation sites (tertiary alicyclic amines) is 1. The van der Waals surface area contributed by atoms with Gasteiger partial charge in [0.1, 0.15) is 0 Å². The monoisotopic (exact) mass is 393 g/mol. The standard InChI is InChI=1S/C22H23N3O2S/c1-15(2)16-8-4-6-11-19(16)25-21(27)17-9-3-5-10-18(17)23-22(25)28-14-20(26)24-12-7-13-24/h3-6,8-11,15H,7,12-14H2,1-2H3. The molecule has 1 fully saturated rings. The molecule has 1 aliphatic heterocycles. The van der Waals surface area contributed by atoms with E-state index in [0.717, 1.165) is 30.8 Å². The van der Waals surface area contributed by atoms with Crippen molar-refractivity contribution in [2.75, 3.05) is 18.8 Å². The molecule has 1 aliphatic rings. The van der Waals surface area contributed by atoms with Crippen LogP contribution in [0.15, 0.2) is 58.5 Å². The molecule has 6 heteroatoms. The molecular weight excluding hydrogens is 370 g/mol. The van der Waals surface area contributed by atoms with Gasteiger partial charge in [0.25, 0.3) is 5.56 Å². The van der Waals surface area contributed by atoms with Crippen molar-refractivity contribution < 1.29 is 4.79 Å². The predicted molar refractivity (Wildman–Crippen MR) is 113 cm³/mol. The highest BCUT2D eigenvalue weighted by molar-refractivity contribution is 7.99. The van der Waals surface area contributed by atoms with E-state index in [0.29, 0.717) is 16.1 Å². The van der Waals surface area contributed by atoms with Crippen LogP contribution in [0, 0.1) is 0 Å². The lowest BCUT2D eigenvalue weighted by atomic mass is 10.0. The molecule has 0 unspecified atom stereocenters. The molecule has 0 radical (unpaired) electrons. The van der Waals surface area contributed by atoms with E-state index in [1.807, 2.05) is 47.4 Å². The fourth-order valence-electron chi connectivity index (χ4n) is 3.38.